The Morgan fingerprint density at radius 3 is 2.62 bits per heavy atom. The van der Waals surface area contributed by atoms with Crippen LogP contribution < -0.4 is 4.74 Å². The normalized spacial score (nSPS) is 10.5. The van der Waals surface area contributed by atoms with E-state index in [1.807, 2.05) is 0 Å². The van der Waals surface area contributed by atoms with E-state index >= 15 is 0 Å². The molecule has 0 aliphatic rings. The molecule has 0 unspecified atom stereocenters. The third kappa shape index (κ3) is 2.57. The Labute approximate surface area is 137 Å². The number of halogens is 1. The topological polar surface area (TPSA) is 75.2 Å². The summed E-state index contributed by atoms with van der Waals surface area (Å²) in [7, 11) is 0. The Balaban J connectivity index is 2.20. The maximum Gasteiger partial charge on any atom is 0.335 e. The van der Waals surface area contributed by atoms with Crippen LogP contribution >= 0.6 is 0 Å². The number of aromatic carboxylic acids is 1. The molecular weight excluding hydrogens is 311 g/mol. The minimum atomic E-state index is -1.02. The molecule has 120 valence electrons. The van der Waals surface area contributed by atoms with Crippen LogP contribution in [0, 0.1) is 17.1 Å². The Morgan fingerprint density at radius 2 is 2.04 bits per heavy atom. The van der Waals surface area contributed by atoms with Crippen molar-refractivity contribution in [2.75, 3.05) is 6.61 Å². The van der Waals surface area contributed by atoms with Gasteiger partial charge >= 0.3 is 5.97 Å². The zero-order valence-corrected chi connectivity index (χ0v) is 12.8. The largest absolute Gasteiger partial charge is 0.491 e. The van der Waals surface area contributed by atoms with Crippen molar-refractivity contribution < 1.29 is 19.0 Å². The Kier molecular flexibility index (Phi) is 3.92. The van der Waals surface area contributed by atoms with Gasteiger partial charge in [-0.1, -0.05) is 0 Å². The quantitative estimate of drug-likeness (QED) is 0.793. The number of aromatic nitrogens is 1. The summed E-state index contributed by atoms with van der Waals surface area (Å²) in [6.45, 7) is 2.08. The average Bonchev–Trinajstić information content (AvgIpc) is 2.93. The summed E-state index contributed by atoms with van der Waals surface area (Å²) in [5.74, 6) is -1.44. The summed E-state index contributed by atoms with van der Waals surface area (Å²) in [4.78, 5) is 10.9. The number of fused-ring (bicyclic) bond motifs is 1. The third-order valence-corrected chi connectivity index (χ3v) is 3.67. The van der Waals surface area contributed by atoms with E-state index in [0.29, 0.717) is 28.8 Å². The fraction of sp³-hybridized carbons (Fsp3) is 0.111. The lowest BCUT2D eigenvalue weighted by atomic mass is 10.1. The molecular formula is C18H13FN2O3. The summed E-state index contributed by atoms with van der Waals surface area (Å²) in [5.41, 5.74) is 1.68. The van der Waals surface area contributed by atoms with Crippen LogP contribution in [0.1, 0.15) is 22.8 Å². The van der Waals surface area contributed by atoms with Crippen LogP contribution in [-0.4, -0.2) is 22.2 Å². The van der Waals surface area contributed by atoms with Crippen molar-refractivity contribution in [3.63, 3.8) is 0 Å². The average molecular weight is 324 g/mol. The van der Waals surface area contributed by atoms with Crippen molar-refractivity contribution in [2.24, 2.45) is 0 Å². The second-order valence-electron chi connectivity index (χ2n) is 5.11. The number of nitrogens with zero attached hydrogens (tertiary/aromatic N) is 2. The van der Waals surface area contributed by atoms with E-state index in [2.05, 4.69) is 6.07 Å². The SMILES string of the molecule is CCOc1cc2c(C#N)cn(-c3ccc(C(=O)O)cc3)c2cc1F. The molecule has 0 radical (unpaired) electrons. The summed E-state index contributed by atoms with van der Waals surface area (Å²) in [6.07, 6.45) is 1.59. The Hall–Kier alpha value is -3.33. The van der Waals surface area contributed by atoms with Crippen molar-refractivity contribution in [1.29, 1.82) is 5.26 Å². The van der Waals surface area contributed by atoms with Gasteiger partial charge in [-0.2, -0.15) is 5.26 Å². The van der Waals surface area contributed by atoms with Gasteiger partial charge in [0.1, 0.15) is 6.07 Å². The molecule has 24 heavy (non-hydrogen) atoms. The zero-order valence-electron chi connectivity index (χ0n) is 12.8. The maximum atomic E-state index is 14.2. The number of nitriles is 1. The van der Waals surface area contributed by atoms with Gasteiger partial charge in [-0.25, -0.2) is 9.18 Å². The molecule has 0 saturated heterocycles. The molecule has 0 spiro atoms. The number of carboxylic acids is 1. The van der Waals surface area contributed by atoms with Crippen molar-refractivity contribution in [1.82, 2.24) is 4.57 Å². The van der Waals surface area contributed by atoms with Crippen molar-refractivity contribution >= 4 is 16.9 Å². The molecule has 0 aliphatic heterocycles. The monoisotopic (exact) mass is 324 g/mol. The maximum absolute atomic E-state index is 14.2. The van der Waals surface area contributed by atoms with E-state index in [9.17, 15) is 14.4 Å². The van der Waals surface area contributed by atoms with Crippen LogP contribution in [0.4, 0.5) is 4.39 Å². The van der Waals surface area contributed by atoms with Gasteiger partial charge in [0.2, 0.25) is 0 Å². The highest BCUT2D eigenvalue weighted by atomic mass is 19.1. The molecule has 2 aromatic carbocycles. The molecule has 0 atom stereocenters. The minimum Gasteiger partial charge on any atom is -0.491 e. The van der Waals surface area contributed by atoms with Crippen molar-refractivity contribution in [2.45, 2.75) is 6.92 Å². The number of carboxylic acid groups (broad SMARTS) is 1. The van der Waals surface area contributed by atoms with Gasteiger partial charge in [-0.05, 0) is 37.3 Å². The molecule has 1 N–H and O–H groups in total. The highest BCUT2D eigenvalue weighted by Crippen LogP contribution is 2.30. The first kappa shape index (κ1) is 15.6. The highest BCUT2D eigenvalue weighted by molar-refractivity contribution is 5.90. The van der Waals surface area contributed by atoms with Crippen molar-refractivity contribution in [3.05, 3.63) is 59.5 Å². The smallest absolute Gasteiger partial charge is 0.335 e. The highest BCUT2D eigenvalue weighted by Gasteiger charge is 2.15. The van der Waals surface area contributed by atoms with Crippen LogP contribution in [0.25, 0.3) is 16.6 Å². The zero-order chi connectivity index (χ0) is 17.3. The van der Waals surface area contributed by atoms with E-state index in [0.717, 1.165) is 0 Å². The predicted molar refractivity (Wildman–Crippen MR) is 86.1 cm³/mol. The van der Waals surface area contributed by atoms with Crippen LogP contribution in [0.5, 0.6) is 5.75 Å². The molecule has 0 bridgehead atoms. The molecule has 3 rings (SSSR count). The lowest BCUT2D eigenvalue weighted by molar-refractivity contribution is 0.0697. The molecule has 1 aromatic heterocycles. The molecule has 0 saturated carbocycles. The molecule has 6 heteroatoms. The lowest BCUT2D eigenvalue weighted by Gasteiger charge is -2.08. The van der Waals surface area contributed by atoms with Crippen LogP contribution in [0.15, 0.2) is 42.6 Å². The molecule has 5 nitrogen and oxygen atoms in total. The first-order chi connectivity index (χ1) is 11.5. The van der Waals surface area contributed by atoms with E-state index in [1.54, 1.807) is 29.8 Å². The number of carbonyl (C=O) groups is 1. The Morgan fingerprint density at radius 1 is 1.33 bits per heavy atom. The van der Waals surface area contributed by atoms with Gasteiger partial charge in [0.15, 0.2) is 11.6 Å². The summed E-state index contributed by atoms with van der Waals surface area (Å²) in [5, 5.41) is 18.9. The van der Waals surface area contributed by atoms with Crippen LogP contribution in [0.2, 0.25) is 0 Å². The summed E-state index contributed by atoms with van der Waals surface area (Å²) < 4.78 is 21.1. The number of hydrogen-bond donors (Lipinski definition) is 1. The van der Waals surface area contributed by atoms with Crippen LogP contribution in [-0.2, 0) is 0 Å². The van der Waals surface area contributed by atoms with Crippen LogP contribution in [0.3, 0.4) is 0 Å². The van der Waals surface area contributed by atoms with E-state index in [-0.39, 0.29) is 11.3 Å². The lowest BCUT2D eigenvalue weighted by Crippen LogP contribution is -1.98. The fourth-order valence-electron chi connectivity index (χ4n) is 2.56. The fourth-order valence-corrected chi connectivity index (χ4v) is 2.56. The molecule has 0 fully saturated rings. The third-order valence-electron chi connectivity index (χ3n) is 3.67. The summed E-state index contributed by atoms with van der Waals surface area (Å²) >= 11 is 0. The Bertz CT molecular complexity index is 969. The number of ether oxygens (including phenoxy) is 1. The minimum absolute atomic E-state index is 0.0977. The molecule has 3 aromatic rings. The second kappa shape index (κ2) is 6.05. The molecule has 0 aliphatic carbocycles. The van der Waals surface area contributed by atoms with Gasteiger partial charge in [0.25, 0.3) is 0 Å². The second-order valence-corrected chi connectivity index (χ2v) is 5.11. The van der Waals surface area contributed by atoms with E-state index < -0.39 is 11.8 Å². The summed E-state index contributed by atoms with van der Waals surface area (Å²) in [6, 6.07) is 11.0. The van der Waals surface area contributed by atoms with E-state index in [1.165, 1.54) is 24.3 Å². The molecule has 0 amide bonds. The van der Waals surface area contributed by atoms with Gasteiger partial charge in [0, 0.05) is 23.3 Å². The number of hydrogen-bond acceptors (Lipinski definition) is 3. The van der Waals surface area contributed by atoms with Crippen molar-refractivity contribution in [3.8, 4) is 17.5 Å². The predicted octanol–water partition coefficient (Wildman–Crippen LogP) is 3.74. The van der Waals surface area contributed by atoms with Gasteiger partial charge in [-0.3, -0.25) is 0 Å². The van der Waals surface area contributed by atoms with Gasteiger partial charge in [0.05, 0.1) is 23.3 Å². The van der Waals surface area contributed by atoms with E-state index in [4.69, 9.17) is 9.84 Å². The first-order valence-corrected chi connectivity index (χ1v) is 7.26. The molecule has 1 heterocycles. The first-order valence-electron chi connectivity index (χ1n) is 7.26. The number of benzene rings is 2. The van der Waals surface area contributed by atoms with Gasteiger partial charge in [-0.15, -0.1) is 0 Å². The standard InChI is InChI=1S/C18H13FN2O3/c1-2-24-17-7-14-12(9-20)10-21(16(14)8-15(17)19)13-5-3-11(4-6-13)18(22)23/h3-8,10H,2H2,1H3,(H,22,23). The van der Waals surface area contributed by atoms with Gasteiger partial charge < -0.3 is 14.4 Å². The number of rotatable bonds is 4.